The Kier molecular flexibility index (Phi) is 14.2. The number of hydrogen-bond donors (Lipinski definition) is 4. The lowest BCUT2D eigenvalue weighted by molar-refractivity contribution is -0.134. The van der Waals surface area contributed by atoms with Crippen LogP contribution in [0.3, 0.4) is 0 Å². The summed E-state index contributed by atoms with van der Waals surface area (Å²) in [5, 5.41) is 8.64. The highest BCUT2D eigenvalue weighted by Crippen LogP contribution is 2.20. The average molecular weight is 561 g/mol. The van der Waals surface area contributed by atoms with Crippen molar-refractivity contribution in [3.05, 3.63) is 35.9 Å². The van der Waals surface area contributed by atoms with E-state index >= 15 is 0 Å². The first-order valence-electron chi connectivity index (χ1n) is 14.4. The van der Waals surface area contributed by atoms with Crippen LogP contribution in [0.15, 0.2) is 30.3 Å². The van der Waals surface area contributed by atoms with Crippen molar-refractivity contribution in [2.45, 2.75) is 112 Å². The number of benzene rings is 1. The summed E-state index contributed by atoms with van der Waals surface area (Å²) in [5.41, 5.74) is 5.88. The Balaban J connectivity index is 3.12. The second-order valence-corrected chi connectivity index (χ2v) is 12.8. The topological polar surface area (TPSA) is 140 Å². The first-order valence-corrected chi connectivity index (χ1v) is 14.4. The van der Waals surface area contributed by atoms with Crippen molar-refractivity contribution in [1.29, 1.82) is 0 Å². The summed E-state index contributed by atoms with van der Waals surface area (Å²) in [4.78, 5) is 51.2. The van der Waals surface area contributed by atoms with Gasteiger partial charge in [-0.3, -0.25) is 14.4 Å². The molecule has 0 aromatic heterocycles. The van der Waals surface area contributed by atoms with E-state index in [0.717, 1.165) is 12.0 Å². The van der Waals surface area contributed by atoms with Crippen LogP contribution in [0.25, 0.3) is 0 Å². The van der Waals surface area contributed by atoms with Crippen molar-refractivity contribution in [2.24, 2.45) is 29.4 Å². The standard InChI is InChI=1S/C31H52N4O5/c1-19(2)17-24(33-30(39)40-31(7,8)9)16-15-23(18-22-13-11-10-12-14-22)28(37)35-26(21(5)6)29(38)34-25(20(3)4)27(32)36/h10-14,19-21,23-26H,15-18H2,1-9H3,(H2,32,36)(H,33,39)(H,34,38)(H,35,37)/t23-,24+,25-,26-/m0/s1. The summed E-state index contributed by atoms with van der Waals surface area (Å²) in [6.07, 6.45) is 1.80. The Morgan fingerprint density at radius 3 is 1.82 bits per heavy atom. The van der Waals surface area contributed by atoms with Gasteiger partial charge in [-0.25, -0.2) is 4.79 Å². The summed E-state index contributed by atoms with van der Waals surface area (Å²) in [6, 6.07) is 7.87. The van der Waals surface area contributed by atoms with E-state index in [2.05, 4.69) is 29.8 Å². The van der Waals surface area contributed by atoms with Gasteiger partial charge >= 0.3 is 6.09 Å². The fourth-order valence-electron chi connectivity index (χ4n) is 4.53. The zero-order valence-electron chi connectivity index (χ0n) is 25.9. The molecule has 0 heterocycles. The monoisotopic (exact) mass is 560 g/mol. The van der Waals surface area contributed by atoms with Gasteiger partial charge in [-0.05, 0) is 69.8 Å². The molecule has 40 heavy (non-hydrogen) atoms. The lowest BCUT2D eigenvalue weighted by Crippen LogP contribution is -2.56. The molecule has 0 saturated carbocycles. The van der Waals surface area contributed by atoms with Crippen molar-refractivity contribution in [1.82, 2.24) is 16.0 Å². The summed E-state index contributed by atoms with van der Waals surface area (Å²) in [6.45, 7) is 16.9. The molecule has 9 nitrogen and oxygen atoms in total. The third-order valence-electron chi connectivity index (χ3n) is 6.55. The van der Waals surface area contributed by atoms with E-state index in [4.69, 9.17) is 10.5 Å². The summed E-state index contributed by atoms with van der Waals surface area (Å²) < 4.78 is 5.46. The summed E-state index contributed by atoms with van der Waals surface area (Å²) in [7, 11) is 0. The number of ether oxygens (including phenoxy) is 1. The molecule has 0 aliphatic carbocycles. The molecular formula is C31H52N4O5. The Morgan fingerprint density at radius 2 is 1.35 bits per heavy atom. The van der Waals surface area contributed by atoms with E-state index < -0.39 is 41.5 Å². The number of rotatable bonds is 15. The van der Waals surface area contributed by atoms with E-state index in [1.165, 1.54) is 0 Å². The molecule has 0 bridgehead atoms. The molecule has 9 heteroatoms. The molecule has 1 aromatic carbocycles. The molecule has 0 aliphatic rings. The van der Waals surface area contributed by atoms with Gasteiger partial charge in [-0.2, -0.15) is 0 Å². The van der Waals surface area contributed by atoms with Crippen molar-refractivity contribution >= 4 is 23.8 Å². The number of alkyl carbamates (subject to hydrolysis) is 1. The molecule has 1 rings (SSSR count). The number of primary amides is 1. The van der Waals surface area contributed by atoms with Crippen LogP contribution in [-0.4, -0.2) is 47.5 Å². The van der Waals surface area contributed by atoms with Gasteiger partial charge in [-0.1, -0.05) is 71.9 Å². The van der Waals surface area contributed by atoms with E-state index in [-0.39, 0.29) is 23.8 Å². The Bertz CT molecular complexity index is 956. The van der Waals surface area contributed by atoms with Gasteiger partial charge in [0.05, 0.1) is 0 Å². The summed E-state index contributed by atoms with van der Waals surface area (Å²) >= 11 is 0. The fraction of sp³-hybridized carbons (Fsp3) is 0.677. The third kappa shape index (κ3) is 13.3. The minimum absolute atomic E-state index is 0.174. The van der Waals surface area contributed by atoms with Crippen molar-refractivity contribution in [2.75, 3.05) is 0 Å². The molecule has 5 N–H and O–H groups in total. The number of nitrogens with one attached hydrogen (secondary N) is 3. The molecule has 4 atom stereocenters. The van der Waals surface area contributed by atoms with E-state index in [9.17, 15) is 19.2 Å². The SMILES string of the molecule is CC(C)C[C@@H](CC[C@@H](Cc1ccccc1)C(=O)N[C@H](C(=O)N[C@H](C(N)=O)C(C)C)C(C)C)NC(=O)OC(C)(C)C. The molecule has 0 unspecified atom stereocenters. The number of carbonyl (C=O) groups excluding carboxylic acids is 4. The third-order valence-corrected chi connectivity index (χ3v) is 6.55. The largest absolute Gasteiger partial charge is 0.444 e. The first-order chi connectivity index (χ1) is 18.5. The van der Waals surface area contributed by atoms with Crippen molar-refractivity contribution in [3.63, 3.8) is 0 Å². The van der Waals surface area contributed by atoms with Gasteiger partial charge in [0.15, 0.2) is 0 Å². The molecule has 0 aliphatic heterocycles. The molecule has 0 fully saturated rings. The van der Waals surface area contributed by atoms with Crippen LogP contribution in [0.2, 0.25) is 0 Å². The number of nitrogens with two attached hydrogens (primary N) is 1. The van der Waals surface area contributed by atoms with Gasteiger partial charge in [0, 0.05) is 12.0 Å². The Hall–Kier alpha value is -3.10. The van der Waals surface area contributed by atoms with Gasteiger partial charge in [0.2, 0.25) is 17.7 Å². The highest BCUT2D eigenvalue weighted by atomic mass is 16.6. The molecule has 0 spiro atoms. The van der Waals surface area contributed by atoms with Crippen molar-refractivity contribution in [3.8, 4) is 0 Å². The molecule has 0 radical (unpaired) electrons. The Morgan fingerprint density at radius 1 is 0.800 bits per heavy atom. The van der Waals surface area contributed by atoms with Crippen LogP contribution in [0.4, 0.5) is 4.79 Å². The molecule has 0 saturated heterocycles. The summed E-state index contributed by atoms with van der Waals surface area (Å²) in [5.74, 6) is -1.83. The quantitative estimate of drug-likeness (QED) is 0.253. The highest BCUT2D eigenvalue weighted by Gasteiger charge is 2.32. The van der Waals surface area contributed by atoms with Gasteiger partial charge in [0.1, 0.15) is 17.7 Å². The molecule has 226 valence electrons. The lowest BCUT2D eigenvalue weighted by atomic mass is 9.89. The van der Waals surface area contributed by atoms with Crippen molar-refractivity contribution < 1.29 is 23.9 Å². The van der Waals surface area contributed by atoms with Crippen LogP contribution in [0.1, 0.15) is 87.1 Å². The second-order valence-electron chi connectivity index (χ2n) is 12.8. The van der Waals surface area contributed by atoms with E-state index in [0.29, 0.717) is 25.2 Å². The second kappa shape index (κ2) is 16.2. The van der Waals surface area contributed by atoms with Crippen LogP contribution >= 0.6 is 0 Å². The number of hydrogen-bond acceptors (Lipinski definition) is 5. The predicted molar refractivity (Wildman–Crippen MR) is 158 cm³/mol. The van der Waals surface area contributed by atoms with Crippen LogP contribution in [-0.2, 0) is 25.5 Å². The molecule has 4 amide bonds. The maximum absolute atomic E-state index is 13.7. The number of amides is 4. The number of carbonyl (C=O) groups is 4. The lowest BCUT2D eigenvalue weighted by Gasteiger charge is -2.28. The highest BCUT2D eigenvalue weighted by molar-refractivity contribution is 5.92. The maximum Gasteiger partial charge on any atom is 0.407 e. The van der Waals surface area contributed by atoms with Gasteiger partial charge < -0.3 is 26.4 Å². The van der Waals surface area contributed by atoms with Crippen LogP contribution in [0, 0.1) is 23.7 Å². The van der Waals surface area contributed by atoms with E-state index in [1.54, 1.807) is 13.8 Å². The Labute approximate surface area is 240 Å². The van der Waals surface area contributed by atoms with Gasteiger partial charge in [-0.15, -0.1) is 0 Å². The minimum Gasteiger partial charge on any atom is -0.444 e. The first kappa shape index (κ1) is 34.9. The zero-order valence-corrected chi connectivity index (χ0v) is 25.9. The van der Waals surface area contributed by atoms with Gasteiger partial charge in [0.25, 0.3) is 0 Å². The minimum atomic E-state index is -0.835. The predicted octanol–water partition coefficient (Wildman–Crippen LogP) is 4.33. The normalized spacial score (nSPS) is 14.8. The molecular weight excluding hydrogens is 508 g/mol. The average Bonchev–Trinajstić information content (AvgIpc) is 2.81. The fourth-order valence-corrected chi connectivity index (χ4v) is 4.53. The maximum atomic E-state index is 13.7. The van der Waals surface area contributed by atoms with E-state index in [1.807, 2.05) is 65.0 Å². The van der Waals surface area contributed by atoms with Crippen LogP contribution < -0.4 is 21.7 Å². The smallest absolute Gasteiger partial charge is 0.407 e. The van der Waals surface area contributed by atoms with Crippen LogP contribution in [0.5, 0.6) is 0 Å². The molecule has 1 aromatic rings. The zero-order chi connectivity index (χ0) is 30.6.